The lowest BCUT2D eigenvalue weighted by atomic mass is 9.86. The SMILES string of the molecule is O=C(O)C1CCOC12COC2. The molecule has 11 heavy (non-hydrogen) atoms. The minimum atomic E-state index is -0.759. The molecule has 62 valence electrons. The first-order valence-corrected chi connectivity index (χ1v) is 3.69. The molecule has 4 heteroatoms. The van der Waals surface area contributed by atoms with Gasteiger partial charge >= 0.3 is 5.97 Å². The molecule has 0 aromatic heterocycles. The Morgan fingerprint density at radius 3 is 2.64 bits per heavy atom. The van der Waals surface area contributed by atoms with E-state index in [0.717, 1.165) is 0 Å². The summed E-state index contributed by atoms with van der Waals surface area (Å²) in [5.41, 5.74) is -0.466. The Balaban J connectivity index is 2.13. The Bertz CT molecular complexity index is 185. The van der Waals surface area contributed by atoms with Crippen molar-refractivity contribution >= 4 is 5.97 Å². The van der Waals surface area contributed by atoms with Gasteiger partial charge in [-0.05, 0) is 6.42 Å². The van der Waals surface area contributed by atoms with E-state index >= 15 is 0 Å². The van der Waals surface area contributed by atoms with E-state index in [1.54, 1.807) is 0 Å². The molecular weight excluding hydrogens is 148 g/mol. The van der Waals surface area contributed by atoms with Crippen LogP contribution in [0.5, 0.6) is 0 Å². The van der Waals surface area contributed by atoms with Crippen LogP contribution < -0.4 is 0 Å². The van der Waals surface area contributed by atoms with Crippen molar-refractivity contribution in [2.45, 2.75) is 12.0 Å². The lowest BCUT2D eigenvalue weighted by Gasteiger charge is -2.39. The van der Waals surface area contributed by atoms with Gasteiger partial charge in [0.2, 0.25) is 0 Å². The van der Waals surface area contributed by atoms with Gasteiger partial charge in [-0.3, -0.25) is 4.79 Å². The summed E-state index contributed by atoms with van der Waals surface area (Å²) in [6, 6.07) is 0. The minimum absolute atomic E-state index is 0.351. The van der Waals surface area contributed by atoms with Crippen LogP contribution in [0.2, 0.25) is 0 Å². The second kappa shape index (κ2) is 2.19. The van der Waals surface area contributed by atoms with Crippen molar-refractivity contribution < 1.29 is 19.4 Å². The van der Waals surface area contributed by atoms with Crippen LogP contribution in [0.25, 0.3) is 0 Å². The first-order valence-electron chi connectivity index (χ1n) is 3.69. The van der Waals surface area contributed by atoms with Crippen molar-refractivity contribution in [2.75, 3.05) is 19.8 Å². The summed E-state index contributed by atoms with van der Waals surface area (Å²) < 4.78 is 10.3. The smallest absolute Gasteiger partial charge is 0.309 e. The van der Waals surface area contributed by atoms with Crippen LogP contribution >= 0.6 is 0 Å². The lowest BCUT2D eigenvalue weighted by molar-refractivity contribution is -0.208. The summed E-state index contributed by atoms with van der Waals surface area (Å²) >= 11 is 0. The molecule has 1 unspecified atom stereocenters. The van der Waals surface area contributed by atoms with Gasteiger partial charge in [-0.15, -0.1) is 0 Å². The summed E-state index contributed by atoms with van der Waals surface area (Å²) in [6.07, 6.45) is 0.624. The molecule has 2 fully saturated rings. The summed E-state index contributed by atoms with van der Waals surface area (Å²) in [5, 5.41) is 8.78. The average Bonchev–Trinajstić information content (AvgIpc) is 2.27. The molecule has 0 radical (unpaired) electrons. The maximum atomic E-state index is 10.7. The van der Waals surface area contributed by atoms with E-state index in [-0.39, 0.29) is 5.92 Å². The van der Waals surface area contributed by atoms with Crippen molar-refractivity contribution in [1.82, 2.24) is 0 Å². The van der Waals surface area contributed by atoms with Crippen LogP contribution in [-0.4, -0.2) is 36.5 Å². The molecule has 0 saturated carbocycles. The van der Waals surface area contributed by atoms with Crippen LogP contribution in [0.15, 0.2) is 0 Å². The third-order valence-electron chi connectivity index (χ3n) is 2.42. The van der Waals surface area contributed by atoms with Crippen molar-refractivity contribution in [3.05, 3.63) is 0 Å². The summed E-state index contributed by atoms with van der Waals surface area (Å²) in [4.78, 5) is 10.7. The fourth-order valence-electron chi connectivity index (χ4n) is 1.68. The van der Waals surface area contributed by atoms with Crippen molar-refractivity contribution in [3.63, 3.8) is 0 Å². The van der Waals surface area contributed by atoms with Gasteiger partial charge in [-0.25, -0.2) is 0 Å². The third kappa shape index (κ3) is 0.862. The van der Waals surface area contributed by atoms with E-state index < -0.39 is 11.6 Å². The fraction of sp³-hybridized carbons (Fsp3) is 0.857. The Morgan fingerprint density at radius 1 is 1.55 bits per heavy atom. The molecular formula is C7H10O4. The number of rotatable bonds is 1. The maximum absolute atomic E-state index is 10.7. The molecule has 0 aliphatic carbocycles. The molecule has 2 aliphatic heterocycles. The lowest BCUT2D eigenvalue weighted by Crippen LogP contribution is -2.55. The molecule has 0 aromatic rings. The highest BCUT2D eigenvalue weighted by Gasteiger charge is 2.53. The topological polar surface area (TPSA) is 55.8 Å². The largest absolute Gasteiger partial charge is 0.481 e. The van der Waals surface area contributed by atoms with E-state index in [1.807, 2.05) is 0 Å². The van der Waals surface area contributed by atoms with Gasteiger partial charge in [0.25, 0.3) is 0 Å². The number of carboxylic acid groups (broad SMARTS) is 1. The first kappa shape index (κ1) is 7.06. The number of carbonyl (C=O) groups is 1. The van der Waals surface area contributed by atoms with Crippen LogP contribution in [-0.2, 0) is 14.3 Å². The summed E-state index contributed by atoms with van der Waals surface area (Å²) in [7, 11) is 0. The molecule has 1 N–H and O–H groups in total. The van der Waals surface area contributed by atoms with Crippen molar-refractivity contribution in [1.29, 1.82) is 0 Å². The van der Waals surface area contributed by atoms with Crippen LogP contribution in [0, 0.1) is 5.92 Å². The monoisotopic (exact) mass is 158 g/mol. The van der Waals surface area contributed by atoms with Gasteiger partial charge in [0.15, 0.2) is 0 Å². The van der Waals surface area contributed by atoms with Gasteiger partial charge in [-0.2, -0.15) is 0 Å². The standard InChI is InChI=1S/C7H10O4/c8-6(9)5-1-2-11-7(5)3-10-4-7/h5H,1-4H2,(H,8,9). The predicted molar refractivity (Wildman–Crippen MR) is 35.2 cm³/mol. The van der Waals surface area contributed by atoms with Crippen LogP contribution in [0.3, 0.4) is 0 Å². The third-order valence-corrected chi connectivity index (χ3v) is 2.42. The highest BCUT2D eigenvalue weighted by molar-refractivity contribution is 5.72. The Morgan fingerprint density at radius 2 is 2.27 bits per heavy atom. The van der Waals surface area contributed by atoms with E-state index in [1.165, 1.54) is 0 Å². The van der Waals surface area contributed by atoms with Gasteiger partial charge < -0.3 is 14.6 Å². The first-order chi connectivity index (χ1) is 5.25. The van der Waals surface area contributed by atoms with E-state index in [4.69, 9.17) is 14.6 Å². The molecule has 2 heterocycles. The zero-order valence-electron chi connectivity index (χ0n) is 6.08. The number of hydrogen-bond donors (Lipinski definition) is 1. The number of ether oxygens (including phenoxy) is 2. The second-order valence-electron chi connectivity index (χ2n) is 3.09. The maximum Gasteiger partial charge on any atom is 0.309 e. The fourth-order valence-corrected chi connectivity index (χ4v) is 1.68. The number of hydrogen-bond acceptors (Lipinski definition) is 3. The van der Waals surface area contributed by atoms with Crippen LogP contribution in [0.1, 0.15) is 6.42 Å². The number of carboxylic acids is 1. The Labute approximate surface area is 64.1 Å². The summed E-state index contributed by atoms with van der Waals surface area (Å²) in [6.45, 7) is 1.45. The second-order valence-corrected chi connectivity index (χ2v) is 3.09. The highest BCUT2D eigenvalue weighted by Crippen LogP contribution is 2.38. The molecule has 0 bridgehead atoms. The quantitative estimate of drug-likeness (QED) is 0.577. The van der Waals surface area contributed by atoms with E-state index in [9.17, 15) is 4.79 Å². The van der Waals surface area contributed by atoms with Gasteiger partial charge in [0.1, 0.15) is 5.60 Å². The molecule has 2 rings (SSSR count). The minimum Gasteiger partial charge on any atom is -0.481 e. The van der Waals surface area contributed by atoms with E-state index in [0.29, 0.717) is 26.2 Å². The Kier molecular flexibility index (Phi) is 1.40. The molecule has 0 aromatic carbocycles. The van der Waals surface area contributed by atoms with Crippen LogP contribution in [0.4, 0.5) is 0 Å². The molecule has 1 atom stereocenters. The molecule has 0 amide bonds. The summed E-state index contributed by atoms with van der Waals surface area (Å²) in [5.74, 6) is -1.11. The van der Waals surface area contributed by atoms with Crippen molar-refractivity contribution in [3.8, 4) is 0 Å². The zero-order chi connectivity index (χ0) is 7.90. The average molecular weight is 158 g/mol. The van der Waals surface area contributed by atoms with Gasteiger partial charge in [0, 0.05) is 6.61 Å². The normalized spacial score (nSPS) is 33.6. The molecule has 1 spiro atoms. The van der Waals surface area contributed by atoms with Gasteiger partial charge in [0.05, 0.1) is 19.1 Å². The predicted octanol–water partition coefficient (Wildman–Crippen LogP) is -0.123. The molecule has 2 aliphatic rings. The van der Waals surface area contributed by atoms with Gasteiger partial charge in [-0.1, -0.05) is 0 Å². The highest BCUT2D eigenvalue weighted by atomic mass is 16.6. The molecule has 4 nitrogen and oxygen atoms in total. The van der Waals surface area contributed by atoms with E-state index in [2.05, 4.69) is 0 Å². The Hall–Kier alpha value is -0.610. The van der Waals surface area contributed by atoms with Crippen molar-refractivity contribution in [2.24, 2.45) is 5.92 Å². The molecule has 2 saturated heterocycles. The number of aliphatic carboxylic acids is 1. The zero-order valence-corrected chi connectivity index (χ0v) is 6.08.